The first-order chi connectivity index (χ1) is 7.84. The summed E-state index contributed by atoms with van der Waals surface area (Å²) in [5, 5.41) is 3.77. The minimum absolute atomic E-state index is 0. The van der Waals surface area contributed by atoms with Crippen LogP contribution >= 0.6 is 24.0 Å². The predicted molar refractivity (Wildman–Crippen MR) is 70.0 cm³/mol. The average molecular weight is 278 g/mol. The largest absolute Gasteiger partial charge is 0.463 e. The Morgan fingerprint density at radius 1 is 1.41 bits per heavy atom. The normalized spacial score (nSPS) is 16.3. The third-order valence-corrected chi connectivity index (χ3v) is 3.03. The lowest BCUT2D eigenvalue weighted by Crippen LogP contribution is -2.28. The summed E-state index contributed by atoms with van der Waals surface area (Å²) in [6.45, 7) is 2.92. The second-order valence-corrected chi connectivity index (χ2v) is 4.38. The SMILES string of the molecule is Cl.Clc1ccnc(OCCC2CCNCC2)n1. The Balaban J connectivity index is 0.00000144. The molecular weight excluding hydrogens is 261 g/mol. The molecule has 2 heterocycles. The molecule has 0 unspecified atom stereocenters. The molecular formula is C11H17Cl2N3O. The van der Waals surface area contributed by atoms with Gasteiger partial charge in [0.15, 0.2) is 0 Å². The third kappa shape index (κ3) is 5.06. The molecule has 1 aromatic heterocycles. The third-order valence-electron chi connectivity index (χ3n) is 2.82. The molecule has 0 atom stereocenters. The van der Waals surface area contributed by atoms with Crippen LogP contribution in [-0.2, 0) is 0 Å². The molecule has 1 aliphatic rings. The molecule has 0 bridgehead atoms. The highest BCUT2D eigenvalue weighted by Gasteiger charge is 2.12. The van der Waals surface area contributed by atoms with E-state index < -0.39 is 0 Å². The highest BCUT2D eigenvalue weighted by molar-refractivity contribution is 6.29. The van der Waals surface area contributed by atoms with Gasteiger partial charge in [0.2, 0.25) is 0 Å². The fourth-order valence-corrected chi connectivity index (χ4v) is 2.01. The first-order valence-corrected chi connectivity index (χ1v) is 6.04. The summed E-state index contributed by atoms with van der Waals surface area (Å²) >= 11 is 5.73. The van der Waals surface area contributed by atoms with E-state index in [1.165, 1.54) is 12.8 Å². The molecule has 1 aromatic rings. The first-order valence-electron chi connectivity index (χ1n) is 5.66. The summed E-state index contributed by atoms with van der Waals surface area (Å²) in [5.74, 6) is 0.764. The van der Waals surface area contributed by atoms with Gasteiger partial charge in [-0.1, -0.05) is 11.6 Å². The zero-order chi connectivity index (χ0) is 11.2. The lowest BCUT2D eigenvalue weighted by atomic mass is 9.95. The van der Waals surface area contributed by atoms with Crippen LogP contribution in [0, 0.1) is 5.92 Å². The number of halogens is 2. The van der Waals surface area contributed by atoms with Gasteiger partial charge in [0.05, 0.1) is 6.61 Å². The molecule has 0 aliphatic carbocycles. The van der Waals surface area contributed by atoms with Crippen molar-refractivity contribution in [3.8, 4) is 6.01 Å². The van der Waals surface area contributed by atoms with E-state index in [0.29, 0.717) is 17.8 Å². The smallest absolute Gasteiger partial charge is 0.317 e. The quantitative estimate of drug-likeness (QED) is 0.859. The highest BCUT2D eigenvalue weighted by atomic mass is 35.5. The number of hydrogen-bond donors (Lipinski definition) is 1. The summed E-state index contributed by atoms with van der Waals surface area (Å²) in [7, 11) is 0. The Hall–Kier alpha value is -0.580. The van der Waals surface area contributed by atoms with E-state index in [0.717, 1.165) is 25.4 Å². The van der Waals surface area contributed by atoms with E-state index in [-0.39, 0.29) is 12.4 Å². The van der Waals surface area contributed by atoms with Gasteiger partial charge in [-0.3, -0.25) is 0 Å². The Morgan fingerprint density at radius 3 is 2.88 bits per heavy atom. The molecule has 0 spiro atoms. The van der Waals surface area contributed by atoms with E-state index >= 15 is 0 Å². The van der Waals surface area contributed by atoms with Gasteiger partial charge in [-0.15, -0.1) is 12.4 Å². The van der Waals surface area contributed by atoms with Gasteiger partial charge in [-0.25, -0.2) is 4.98 Å². The summed E-state index contributed by atoms with van der Waals surface area (Å²) in [4.78, 5) is 7.97. The standard InChI is InChI=1S/C11H16ClN3O.ClH/c12-10-3-7-14-11(15-10)16-8-4-9-1-5-13-6-2-9;/h3,7,9,13H,1-2,4-6,8H2;1H. The first kappa shape index (κ1) is 14.5. The number of rotatable bonds is 4. The van der Waals surface area contributed by atoms with Gasteiger partial charge in [0.25, 0.3) is 0 Å². The van der Waals surface area contributed by atoms with Crippen LogP contribution in [0.1, 0.15) is 19.3 Å². The number of aromatic nitrogens is 2. The molecule has 1 fully saturated rings. The van der Waals surface area contributed by atoms with Gasteiger partial charge in [-0.05, 0) is 44.3 Å². The van der Waals surface area contributed by atoms with Crippen LogP contribution in [0.5, 0.6) is 6.01 Å². The number of hydrogen-bond acceptors (Lipinski definition) is 4. The average Bonchev–Trinajstić information content (AvgIpc) is 2.30. The molecule has 0 amide bonds. The molecule has 4 nitrogen and oxygen atoms in total. The zero-order valence-corrected chi connectivity index (χ0v) is 11.1. The fourth-order valence-electron chi connectivity index (χ4n) is 1.88. The predicted octanol–water partition coefficient (Wildman–Crippen LogP) is 2.32. The maximum Gasteiger partial charge on any atom is 0.317 e. The van der Waals surface area contributed by atoms with Crippen molar-refractivity contribution < 1.29 is 4.74 Å². The van der Waals surface area contributed by atoms with Gasteiger partial charge >= 0.3 is 6.01 Å². The number of nitrogens with one attached hydrogen (secondary N) is 1. The lowest BCUT2D eigenvalue weighted by Gasteiger charge is -2.22. The van der Waals surface area contributed by atoms with E-state index in [9.17, 15) is 0 Å². The molecule has 0 saturated carbocycles. The minimum Gasteiger partial charge on any atom is -0.463 e. The van der Waals surface area contributed by atoms with E-state index in [1.807, 2.05) is 0 Å². The monoisotopic (exact) mass is 277 g/mol. The Bertz CT molecular complexity index is 332. The molecule has 1 aliphatic heterocycles. The molecule has 96 valence electrons. The molecule has 6 heteroatoms. The van der Waals surface area contributed by atoms with Crippen LogP contribution in [0.4, 0.5) is 0 Å². The molecule has 1 N–H and O–H groups in total. The molecule has 0 aromatic carbocycles. The van der Waals surface area contributed by atoms with Gasteiger partial charge in [0.1, 0.15) is 5.15 Å². The van der Waals surface area contributed by atoms with Crippen LogP contribution in [0.3, 0.4) is 0 Å². The summed E-state index contributed by atoms with van der Waals surface area (Å²) in [5.41, 5.74) is 0. The maximum atomic E-state index is 5.73. The van der Waals surface area contributed by atoms with Gasteiger partial charge in [0, 0.05) is 6.20 Å². The summed E-state index contributed by atoms with van der Waals surface area (Å²) in [6.07, 6.45) is 5.15. The minimum atomic E-state index is 0. The number of piperidine rings is 1. The van der Waals surface area contributed by atoms with Crippen LogP contribution < -0.4 is 10.1 Å². The highest BCUT2D eigenvalue weighted by Crippen LogP contribution is 2.16. The van der Waals surface area contributed by atoms with Crippen molar-refractivity contribution in [2.45, 2.75) is 19.3 Å². The van der Waals surface area contributed by atoms with Crippen LogP contribution in [-0.4, -0.2) is 29.7 Å². The van der Waals surface area contributed by atoms with E-state index in [2.05, 4.69) is 15.3 Å². The fraction of sp³-hybridized carbons (Fsp3) is 0.636. The van der Waals surface area contributed by atoms with E-state index in [1.54, 1.807) is 12.3 Å². The zero-order valence-electron chi connectivity index (χ0n) is 9.56. The molecule has 1 saturated heterocycles. The number of ether oxygens (including phenoxy) is 1. The van der Waals surface area contributed by atoms with Crippen molar-refractivity contribution in [1.82, 2.24) is 15.3 Å². The van der Waals surface area contributed by atoms with Crippen molar-refractivity contribution in [2.24, 2.45) is 5.92 Å². The van der Waals surface area contributed by atoms with Crippen LogP contribution in [0.2, 0.25) is 5.15 Å². The van der Waals surface area contributed by atoms with Crippen molar-refractivity contribution in [3.05, 3.63) is 17.4 Å². The second-order valence-electron chi connectivity index (χ2n) is 3.99. The van der Waals surface area contributed by atoms with Crippen molar-refractivity contribution in [2.75, 3.05) is 19.7 Å². The van der Waals surface area contributed by atoms with Crippen LogP contribution in [0.25, 0.3) is 0 Å². The van der Waals surface area contributed by atoms with Crippen molar-refractivity contribution in [3.63, 3.8) is 0 Å². The summed E-state index contributed by atoms with van der Waals surface area (Å²) < 4.78 is 5.46. The maximum absolute atomic E-state index is 5.73. The van der Waals surface area contributed by atoms with Crippen molar-refractivity contribution >= 4 is 24.0 Å². The molecule has 17 heavy (non-hydrogen) atoms. The lowest BCUT2D eigenvalue weighted by molar-refractivity contribution is 0.238. The van der Waals surface area contributed by atoms with Gasteiger partial charge < -0.3 is 10.1 Å². The Kier molecular flexibility index (Phi) is 6.55. The summed E-state index contributed by atoms with van der Waals surface area (Å²) in [6, 6.07) is 2.02. The van der Waals surface area contributed by atoms with E-state index in [4.69, 9.17) is 16.3 Å². The van der Waals surface area contributed by atoms with Gasteiger partial charge in [-0.2, -0.15) is 4.98 Å². The topological polar surface area (TPSA) is 47.0 Å². The molecule has 0 radical (unpaired) electrons. The molecule has 2 rings (SSSR count). The Morgan fingerprint density at radius 2 is 2.18 bits per heavy atom. The van der Waals surface area contributed by atoms with Crippen molar-refractivity contribution in [1.29, 1.82) is 0 Å². The Labute approximate surface area is 113 Å². The number of nitrogens with zero attached hydrogens (tertiary/aromatic N) is 2. The van der Waals surface area contributed by atoms with Crippen LogP contribution in [0.15, 0.2) is 12.3 Å². The second kappa shape index (κ2) is 7.69.